The number of piperazine rings is 1. The minimum absolute atomic E-state index is 0.0222. The zero-order valence-corrected chi connectivity index (χ0v) is 18.5. The van der Waals surface area contributed by atoms with Crippen LogP contribution in [0.2, 0.25) is 0 Å². The largest absolute Gasteiger partial charge is 0.493 e. The lowest BCUT2D eigenvalue weighted by atomic mass is 10.1. The SMILES string of the molecule is COc1cc2cc(C(=O)N3CC[NH+](Cc4ccc5c(c4)OCO5)CC3)c(=O)oc2cc1OC. The number of nitrogens with zero attached hydrogens (tertiary/aromatic N) is 1. The van der Waals surface area contributed by atoms with Crippen LogP contribution >= 0.6 is 0 Å². The van der Waals surface area contributed by atoms with E-state index < -0.39 is 5.63 Å². The Morgan fingerprint density at radius 1 is 1.00 bits per heavy atom. The number of rotatable bonds is 5. The summed E-state index contributed by atoms with van der Waals surface area (Å²) in [5.41, 5.74) is 0.865. The summed E-state index contributed by atoms with van der Waals surface area (Å²) in [5, 5.41) is 0.600. The van der Waals surface area contributed by atoms with Gasteiger partial charge in [-0.2, -0.15) is 0 Å². The Labute approximate surface area is 190 Å². The van der Waals surface area contributed by atoms with E-state index in [2.05, 4.69) is 0 Å². The Morgan fingerprint density at radius 2 is 1.73 bits per heavy atom. The maximum Gasteiger partial charge on any atom is 0.349 e. The smallest absolute Gasteiger partial charge is 0.349 e. The Kier molecular flexibility index (Phi) is 5.55. The highest BCUT2D eigenvalue weighted by atomic mass is 16.7. The topological polar surface area (TPSA) is 91.9 Å². The highest BCUT2D eigenvalue weighted by molar-refractivity contribution is 5.97. The van der Waals surface area contributed by atoms with Crippen LogP contribution in [-0.4, -0.2) is 58.0 Å². The van der Waals surface area contributed by atoms with Gasteiger partial charge in [0.05, 0.1) is 40.4 Å². The molecule has 0 aliphatic carbocycles. The number of hydrogen-bond acceptors (Lipinski definition) is 7. The summed E-state index contributed by atoms with van der Waals surface area (Å²) in [5.74, 6) is 2.18. The summed E-state index contributed by atoms with van der Waals surface area (Å²) < 4.78 is 26.8. The van der Waals surface area contributed by atoms with E-state index in [0.29, 0.717) is 35.6 Å². The van der Waals surface area contributed by atoms with Crippen molar-refractivity contribution in [3.8, 4) is 23.0 Å². The molecule has 0 saturated carbocycles. The second-order valence-corrected chi connectivity index (χ2v) is 8.10. The van der Waals surface area contributed by atoms with Crippen molar-refractivity contribution in [3.05, 3.63) is 57.9 Å². The fourth-order valence-corrected chi connectivity index (χ4v) is 4.31. The molecule has 172 valence electrons. The predicted molar refractivity (Wildman–Crippen MR) is 118 cm³/mol. The van der Waals surface area contributed by atoms with E-state index in [0.717, 1.165) is 36.7 Å². The van der Waals surface area contributed by atoms with E-state index in [-0.39, 0.29) is 18.3 Å². The molecule has 0 radical (unpaired) electrons. The number of nitrogens with one attached hydrogen (secondary N) is 1. The summed E-state index contributed by atoms with van der Waals surface area (Å²) >= 11 is 0. The van der Waals surface area contributed by atoms with Crippen LogP contribution in [0.1, 0.15) is 15.9 Å². The number of fused-ring (bicyclic) bond motifs is 2. The number of hydrogen-bond donors (Lipinski definition) is 1. The third kappa shape index (κ3) is 4.07. The van der Waals surface area contributed by atoms with E-state index in [1.807, 2.05) is 18.2 Å². The van der Waals surface area contributed by atoms with Gasteiger partial charge in [0.25, 0.3) is 5.91 Å². The van der Waals surface area contributed by atoms with Crippen molar-refractivity contribution in [2.24, 2.45) is 0 Å². The van der Waals surface area contributed by atoms with Crippen molar-refractivity contribution in [1.82, 2.24) is 4.90 Å². The minimum atomic E-state index is -0.658. The standard InChI is InChI=1S/C24H24N2O7/c1-29-20-11-16-10-17(24(28)33-19(16)12-21(20)30-2)23(27)26-7-5-25(6-8-26)13-15-3-4-18-22(9-15)32-14-31-18/h3-4,9-12H,5-8,13-14H2,1-2H3/p+1. The number of amides is 1. The van der Waals surface area contributed by atoms with E-state index in [1.54, 1.807) is 23.1 Å². The molecule has 1 N–H and O–H groups in total. The molecular formula is C24H25N2O7+. The van der Waals surface area contributed by atoms with Gasteiger partial charge in [-0.1, -0.05) is 0 Å². The fourth-order valence-electron chi connectivity index (χ4n) is 4.31. The maximum absolute atomic E-state index is 13.1. The molecule has 1 saturated heterocycles. The third-order valence-electron chi connectivity index (χ3n) is 6.12. The Morgan fingerprint density at radius 3 is 2.48 bits per heavy atom. The molecule has 1 aromatic heterocycles. The quantitative estimate of drug-likeness (QED) is 0.578. The highest BCUT2D eigenvalue weighted by Crippen LogP contribution is 2.33. The van der Waals surface area contributed by atoms with Gasteiger partial charge in [-0.3, -0.25) is 4.79 Å². The maximum atomic E-state index is 13.1. The Balaban J connectivity index is 1.28. The van der Waals surface area contributed by atoms with Crippen LogP contribution in [0, 0.1) is 0 Å². The molecule has 0 spiro atoms. The molecule has 3 aromatic rings. The molecular weight excluding hydrogens is 428 g/mol. The predicted octanol–water partition coefficient (Wildman–Crippen LogP) is 1.08. The van der Waals surface area contributed by atoms with Crippen LogP contribution in [0.4, 0.5) is 0 Å². The van der Waals surface area contributed by atoms with Crippen molar-refractivity contribution in [2.75, 3.05) is 47.2 Å². The van der Waals surface area contributed by atoms with Gasteiger partial charge in [0.2, 0.25) is 6.79 Å². The van der Waals surface area contributed by atoms with E-state index in [1.165, 1.54) is 19.1 Å². The second kappa shape index (κ2) is 8.67. The molecule has 1 amide bonds. The van der Waals surface area contributed by atoms with Crippen LogP contribution in [0.25, 0.3) is 11.0 Å². The van der Waals surface area contributed by atoms with Crippen LogP contribution in [0.5, 0.6) is 23.0 Å². The number of ether oxygens (including phenoxy) is 4. The Hall–Kier alpha value is -3.72. The van der Waals surface area contributed by atoms with Crippen LogP contribution < -0.4 is 29.5 Å². The molecule has 0 bridgehead atoms. The van der Waals surface area contributed by atoms with E-state index in [4.69, 9.17) is 23.4 Å². The summed E-state index contributed by atoms with van der Waals surface area (Å²) in [4.78, 5) is 28.7. The number of carbonyl (C=O) groups excluding carboxylic acids is 1. The van der Waals surface area contributed by atoms with Crippen LogP contribution in [0.15, 0.2) is 45.6 Å². The molecule has 33 heavy (non-hydrogen) atoms. The van der Waals surface area contributed by atoms with Gasteiger partial charge in [0, 0.05) is 17.0 Å². The van der Waals surface area contributed by atoms with Crippen molar-refractivity contribution < 1.29 is 33.1 Å². The molecule has 9 heteroatoms. The average Bonchev–Trinajstić information content (AvgIpc) is 3.31. The lowest BCUT2D eigenvalue weighted by Gasteiger charge is -2.32. The van der Waals surface area contributed by atoms with Crippen molar-refractivity contribution in [1.29, 1.82) is 0 Å². The lowest BCUT2D eigenvalue weighted by Crippen LogP contribution is -3.13. The van der Waals surface area contributed by atoms with Gasteiger partial charge in [-0.25, -0.2) is 4.79 Å². The fraction of sp³-hybridized carbons (Fsp3) is 0.333. The van der Waals surface area contributed by atoms with E-state index >= 15 is 0 Å². The monoisotopic (exact) mass is 453 g/mol. The van der Waals surface area contributed by atoms with E-state index in [9.17, 15) is 9.59 Å². The van der Waals surface area contributed by atoms with Crippen LogP contribution in [0.3, 0.4) is 0 Å². The zero-order chi connectivity index (χ0) is 22.9. The van der Waals surface area contributed by atoms with Gasteiger partial charge >= 0.3 is 5.63 Å². The number of methoxy groups -OCH3 is 2. The van der Waals surface area contributed by atoms with Crippen molar-refractivity contribution >= 4 is 16.9 Å². The first-order chi connectivity index (χ1) is 16.1. The lowest BCUT2D eigenvalue weighted by molar-refractivity contribution is -0.917. The molecule has 2 aliphatic heterocycles. The number of carbonyl (C=O) groups is 1. The Bertz CT molecular complexity index is 1260. The first kappa shape index (κ1) is 21.1. The van der Waals surface area contributed by atoms with Crippen LogP contribution in [-0.2, 0) is 6.54 Å². The molecule has 2 aliphatic rings. The first-order valence-electron chi connectivity index (χ1n) is 10.8. The molecule has 1 fully saturated rings. The zero-order valence-electron chi connectivity index (χ0n) is 18.5. The second-order valence-electron chi connectivity index (χ2n) is 8.10. The minimum Gasteiger partial charge on any atom is -0.493 e. The summed E-state index contributed by atoms with van der Waals surface area (Å²) in [6.07, 6.45) is 0. The third-order valence-corrected chi connectivity index (χ3v) is 6.12. The normalized spacial score (nSPS) is 15.6. The van der Waals surface area contributed by atoms with Crippen molar-refractivity contribution in [3.63, 3.8) is 0 Å². The molecule has 2 aromatic carbocycles. The molecule has 0 atom stereocenters. The molecule has 9 nitrogen and oxygen atoms in total. The molecule has 0 unspecified atom stereocenters. The van der Waals surface area contributed by atoms with Gasteiger partial charge < -0.3 is 33.2 Å². The number of quaternary nitrogens is 1. The van der Waals surface area contributed by atoms with Gasteiger partial charge in [0.1, 0.15) is 17.7 Å². The average molecular weight is 453 g/mol. The summed E-state index contributed by atoms with van der Waals surface area (Å²) in [6, 6.07) is 10.8. The van der Waals surface area contributed by atoms with Gasteiger partial charge in [-0.05, 0) is 30.3 Å². The van der Waals surface area contributed by atoms with Gasteiger partial charge in [-0.15, -0.1) is 0 Å². The molecule has 5 rings (SSSR count). The first-order valence-corrected chi connectivity index (χ1v) is 10.8. The summed E-state index contributed by atoms with van der Waals surface area (Å²) in [7, 11) is 3.04. The molecule has 3 heterocycles. The number of benzene rings is 2. The van der Waals surface area contributed by atoms with Gasteiger partial charge in [0.15, 0.2) is 23.0 Å². The van der Waals surface area contributed by atoms with Crippen molar-refractivity contribution in [2.45, 2.75) is 6.54 Å². The highest BCUT2D eigenvalue weighted by Gasteiger charge is 2.27. The summed E-state index contributed by atoms with van der Waals surface area (Å²) in [6.45, 7) is 3.77.